The zero-order chi connectivity index (χ0) is 33.3. The number of amides is 1. The van der Waals surface area contributed by atoms with Crippen molar-refractivity contribution in [1.29, 1.82) is 0 Å². The maximum Gasteiger partial charge on any atom is 1.00 e. The van der Waals surface area contributed by atoms with Gasteiger partial charge in [-0.05, 0) is 64.1 Å². The van der Waals surface area contributed by atoms with Gasteiger partial charge in [-0.3, -0.25) is 27.6 Å². The van der Waals surface area contributed by atoms with Gasteiger partial charge >= 0.3 is 57.4 Å². The summed E-state index contributed by atoms with van der Waals surface area (Å²) >= 11 is 3.42. The Morgan fingerprint density at radius 1 is 1.13 bits per heavy atom. The molecule has 9 heteroatoms. The third kappa shape index (κ3) is 17.9. The molecule has 2 aromatic rings. The number of methoxy groups -OCH3 is 1. The number of ether oxygens (including phenoxy) is 2. The zero-order valence-corrected chi connectivity index (χ0v) is 33.6. The van der Waals surface area contributed by atoms with Crippen LogP contribution in [0, 0.1) is 26.2 Å². The fourth-order valence-corrected chi connectivity index (χ4v) is 5.10. The predicted octanol–water partition coefficient (Wildman–Crippen LogP) is 6.16. The SMILES string of the molecule is CC(=O)OC(C)(C)C.COc1cc(NC(=O)C2CC[CH-]CC2)ccc1C.[CH2-]c1c(Br)cc(NC(CC)CCCC)cc1[C-]=O.[K+]. The molecule has 1 saturated carbocycles. The number of esters is 1. The smallest absolute Gasteiger partial charge is 0.496 e. The van der Waals surface area contributed by atoms with Gasteiger partial charge in [-0.15, -0.1) is 26.5 Å². The first-order valence-electron chi connectivity index (χ1n) is 15.5. The molecule has 2 N–H and O–H groups in total. The molecule has 45 heavy (non-hydrogen) atoms. The van der Waals surface area contributed by atoms with Crippen molar-refractivity contribution < 1.29 is 75.2 Å². The molecule has 1 fully saturated rings. The second-order valence-electron chi connectivity index (χ2n) is 12.0. The van der Waals surface area contributed by atoms with E-state index in [4.69, 9.17) is 9.47 Å². The first-order valence-corrected chi connectivity index (χ1v) is 16.3. The van der Waals surface area contributed by atoms with Crippen LogP contribution in [-0.2, 0) is 19.1 Å². The topological polar surface area (TPSA) is 93.7 Å². The van der Waals surface area contributed by atoms with Gasteiger partial charge in [-0.25, -0.2) is 0 Å². The molecule has 0 bridgehead atoms. The first-order chi connectivity index (χ1) is 20.7. The van der Waals surface area contributed by atoms with E-state index in [0.29, 0.717) is 17.2 Å². The van der Waals surface area contributed by atoms with Crippen molar-refractivity contribution in [3.8, 4) is 5.75 Å². The molecule has 0 radical (unpaired) electrons. The van der Waals surface area contributed by atoms with Crippen LogP contribution in [0.25, 0.3) is 0 Å². The van der Waals surface area contributed by atoms with E-state index in [-0.39, 0.29) is 74.8 Å². The summed E-state index contributed by atoms with van der Waals surface area (Å²) in [5.41, 5.74) is 3.72. The van der Waals surface area contributed by atoms with Crippen LogP contribution < -0.4 is 66.8 Å². The van der Waals surface area contributed by atoms with Crippen LogP contribution in [0.2, 0.25) is 0 Å². The molecule has 1 aliphatic carbocycles. The van der Waals surface area contributed by atoms with Crippen molar-refractivity contribution in [2.45, 2.75) is 111 Å². The van der Waals surface area contributed by atoms with E-state index in [9.17, 15) is 14.4 Å². The molecule has 1 unspecified atom stereocenters. The Balaban J connectivity index is 0.000000686. The number of carbonyl (C=O) groups excluding carboxylic acids is 3. The van der Waals surface area contributed by atoms with E-state index in [0.717, 1.165) is 65.7 Å². The largest absolute Gasteiger partial charge is 1.00 e. The fraction of sp³-hybridized carbons (Fsp3) is 0.528. The van der Waals surface area contributed by atoms with Gasteiger partial charge in [0, 0.05) is 30.6 Å². The first kappa shape index (κ1) is 43.6. The summed E-state index contributed by atoms with van der Waals surface area (Å²) in [5.74, 6) is 0.874. The van der Waals surface area contributed by atoms with Gasteiger partial charge in [-0.1, -0.05) is 45.6 Å². The van der Waals surface area contributed by atoms with Gasteiger partial charge in [-0.2, -0.15) is 18.9 Å². The molecule has 1 atom stereocenters. The summed E-state index contributed by atoms with van der Waals surface area (Å²) in [7, 11) is 1.64. The Morgan fingerprint density at radius 2 is 1.78 bits per heavy atom. The van der Waals surface area contributed by atoms with Crippen molar-refractivity contribution >= 4 is 45.5 Å². The van der Waals surface area contributed by atoms with E-state index in [1.165, 1.54) is 19.8 Å². The predicted molar refractivity (Wildman–Crippen MR) is 185 cm³/mol. The number of halogens is 1. The maximum atomic E-state index is 12.1. The van der Waals surface area contributed by atoms with Gasteiger partial charge < -0.3 is 31.3 Å². The molecule has 2 aromatic carbocycles. The quantitative estimate of drug-likeness (QED) is 0.174. The van der Waals surface area contributed by atoms with Crippen molar-refractivity contribution in [1.82, 2.24) is 0 Å². The van der Waals surface area contributed by atoms with Crippen LogP contribution in [0.1, 0.15) is 110 Å². The minimum absolute atomic E-state index is 0. The average Bonchev–Trinajstić information content (AvgIpc) is 2.97. The number of aryl methyl sites for hydroxylation is 1. The van der Waals surface area contributed by atoms with Crippen LogP contribution in [-0.4, -0.2) is 36.9 Å². The number of rotatable bonds is 10. The molecule has 0 spiro atoms. The summed E-state index contributed by atoms with van der Waals surface area (Å²) < 4.78 is 10.9. The fourth-order valence-electron chi connectivity index (χ4n) is 4.64. The molecule has 1 aliphatic rings. The molecular formula is C36H52BrKN2O5-2. The van der Waals surface area contributed by atoms with Crippen molar-refractivity contribution in [3.63, 3.8) is 0 Å². The molecule has 246 valence electrons. The Hall–Kier alpha value is -1.36. The molecule has 7 nitrogen and oxygen atoms in total. The van der Waals surface area contributed by atoms with Gasteiger partial charge in [0.15, 0.2) is 0 Å². The molecular weight excluding hydrogens is 659 g/mol. The van der Waals surface area contributed by atoms with Gasteiger partial charge in [0.2, 0.25) is 5.91 Å². The van der Waals surface area contributed by atoms with E-state index < -0.39 is 0 Å². The second-order valence-corrected chi connectivity index (χ2v) is 12.9. The Morgan fingerprint density at radius 3 is 2.27 bits per heavy atom. The standard InChI is InChI=1S/C15H20BrNO.C15H20NO2.C6H12O2.K/c1-4-6-7-13(5-2)17-14-8-12(10-18)11(3)15(16)9-14;1-11-8-9-13(10-14(11)18-2)16-15(17)12-6-4-3-5-7-12;1-5(7)8-6(2,3)4;/h8-9,13,17H,3-7H2,1-2H3;3,8-10,12H,4-7H2,1-2H3,(H,16,17);1-4H3;/q-2;-1;;+1. The third-order valence-electron chi connectivity index (χ3n) is 7.01. The molecule has 0 saturated heterocycles. The van der Waals surface area contributed by atoms with E-state index in [1.807, 2.05) is 64.3 Å². The normalized spacial score (nSPS) is 13.4. The molecule has 0 aromatic heterocycles. The summed E-state index contributed by atoms with van der Waals surface area (Å²) in [6.07, 6.45) is 12.9. The van der Waals surface area contributed by atoms with Gasteiger partial charge in [0.05, 0.1) is 7.11 Å². The second kappa shape index (κ2) is 23.0. The summed E-state index contributed by atoms with van der Waals surface area (Å²) in [4.78, 5) is 33.2. The summed E-state index contributed by atoms with van der Waals surface area (Å²) in [5, 5.41) is 6.45. The molecule has 1 amide bonds. The number of hydrogen-bond acceptors (Lipinski definition) is 6. The van der Waals surface area contributed by atoms with Crippen LogP contribution in [0.4, 0.5) is 11.4 Å². The van der Waals surface area contributed by atoms with Crippen LogP contribution >= 0.6 is 15.9 Å². The maximum absolute atomic E-state index is 12.1. The number of nitrogens with one attached hydrogen (secondary N) is 2. The molecule has 0 aliphatic heterocycles. The minimum Gasteiger partial charge on any atom is -0.496 e. The molecule has 3 rings (SSSR count). The van der Waals surface area contributed by atoms with Gasteiger partial charge in [0.1, 0.15) is 11.4 Å². The Kier molecular flexibility index (Phi) is 22.3. The van der Waals surface area contributed by atoms with E-state index >= 15 is 0 Å². The number of carbonyl (C=O) groups is 2. The van der Waals surface area contributed by atoms with E-state index in [2.05, 4.69) is 53.8 Å². The Labute approximate surface area is 323 Å². The van der Waals surface area contributed by atoms with Crippen molar-refractivity contribution in [3.05, 3.63) is 64.8 Å². The summed E-state index contributed by atoms with van der Waals surface area (Å²) in [6, 6.07) is 10.00. The number of benzene rings is 2. The van der Waals surface area contributed by atoms with E-state index in [1.54, 1.807) is 7.11 Å². The number of hydrogen-bond donors (Lipinski definition) is 2. The van der Waals surface area contributed by atoms with Gasteiger partial charge in [0.25, 0.3) is 0 Å². The Bertz CT molecular complexity index is 1190. The van der Waals surface area contributed by atoms with Crippen LogP contribution in [0.15, 0.2) is 34.8 Å². The van der Waals surface area contributed by atoms with Crippen LogP contribution in [0.5, 0.6) is 5.75 Å². The third-order valence-corrected chi connectivity index (χ3v) is 7.72. The van der Waals surface area contributed by atoms with Crippen molar-refractivity contribution in [2.75, 3.05) is 17.7 Å². The number of anilines is 2. The number of unbranched alkanes of at least 4 members (excludes halogenated alkanes) is 1. The zero-order valence-electron chi connectivity index (χ0n) is 28.9. The average molecular weight is 712 g/mol. The van der Waals surface area contributed by atoms with Crippen LogP contribution in [0.3, 0.4) is 0 Å². The van der Waals surface area contributed by atoms with Crippen molar-refractivity contribution in [2.24, 2.45) is 5.92 Å². The minimum atomic E-state index is -0.328. The summed E-state index contributed by atoms with van der Waals surface area (Å²) in [6.45, 7) is 17.1. The molecule has 0 heterocycles. The monoisotopic (exact) mass is 710 g/mol.